The Morgan fingerprint density at radius 2 is 2.05 bits per heavy atom. The third-order valence-corrected chi connectivity index (χ3v) is 4.01. The number of hydrogen-bond donors (Lipinski definition) is 3. The van der Waals surface area contributed by atoms with Crippen molar-refractivity contribution in [2.75, 3.05) is 13.6 Å². The fourth-order valence-corrected chi connectivity index (χ4v) is 2.83. The standard InChI is InChI=1S/C13H22N4O2.HI/c1-14-13(15-7-12(18)16-8-2-3-8)17-10-6-9-4-5-11(10)19-9;/h8-11H,2-7H2,1H3,(H,16,18)(H2,14,15,17);1H. The molecule has 3 N–H and O–H groups in total. The fourth-order valence-electron chi connectivity index (χ4n) is 2.83. The van der Waals surface area contributed by atoms with Gasteiger partial charge in [0.15, 0.2) is 5.96 Å². The monoisotopic (exact) mass is 394 g/mol. The van der Waals surface area contributed by atoms with Crippen molar-refractivity contribution in [3.8, 4) is 0 Å². The first-order valence-electron chi connectivity index (χ1n) is 7.16. The Kier molecular flexibility index (Phi) is 5.48. The van der Waals surface area contributed by atoms with Gasteiger partial charge in [0.05, 0.1) is 24.8 Å². The second-order valence-electron chi connectivity index (χ2n) is 5.63. The zero-order valence-electron chi connectivity index (χ0n) is 11.7. The Labute approximate surface area is 136 Å². The molecule has 2 heterocycles. The number of hydrogen-bond acceptors (Lipinski definition) is 3. The van der Waals surface area contributed by atoms with E-state index in [4.69, 9.17) is 4.74 Å². The van der Waals surface area contributed by atoms with Gasteiger partial charge in [-0.1, -0.05) is 0 Å². The Balaban J connectivity index is 0.00000147. The predicted molar refractivity (Wildman–Crippen MR) is 87.4 cm³/mol. The van der Waals surface area contributed by atoms with E-state index in [2.05, 4.69) is 20.9 Å². The van der Waals surface area contributed by atoms with Crippen LogP contribution in [0, 0.1) is 0 Å². The molecule has 3 fully saturated rings. The average Bonchev–Trinajstić information content (AvgIpc) is 2.98. The van der Waals surface area contributed by atoms with Crippen LogP contribution in [0.15, 0.2) is 4.99 Å². The Hall–Kier alpha value is -0.570. The van der Waals surface area contributed by atoms with Crippen LogP contribution in [0.3, 0.4) is 0 Å². The van der Waals surface area contributed by atoms with Crippen LogP contribution in [0.4, 0.5) is 0 Å². The number of nitrogens with zero attached hydrogens (tertiary/aromatic N) is 1. The Morgan fingerprint density at radius 1 is 1.25 bits per heavy atom. The topological polar surface area (TPSA) is 74.8 Å². The summed E-state index contributed by atoms with van der Waals surface area (Å²) in [6.45, 7) is 0.276. The van der Waals surface area contributed by atoms with Crippen molar-refractivity contribution in [2.24, 2.45) is 4.99 Å². The van der Waals surface area contributed by atoms with Crippen molar-refractivity contribution in [3.05, 3.63) is 0 Å². The molecule has 0 radical (unpaired) electrons. The van der Waals surface area contributed by atoms with Crippen molar-refractivity contribution in [1.29, 1.82) is 0 Å². The first-order chi connectivity index (χ1) is 9.24. The van der Waals surface area contributed by atoms with E-state index < -0.39 is 0 Å². The van der Waals surface area contributed by atoms with E-state index in [1.165, 1.54) is 6.42 Å². The maximum absolute atomic E-state index is 11.6. The molecule has 3 atom stereocenters. The van der Waals surface area contributed by atoms with Crippen LogP contribution in [-0.2, 0) is 9.53 Å². The van der Waals surface area contributed by atoms with Crippen LogP contribution in [-0.4, -0.2) is 49.8 Å². The highest BCUT2D eigenvalue weighted by Crippen LogP contribution is 2.34. The summed E-state index contributed by atoms with van der Waals surface area (Å²) in [4.78, 5) is 15.8. The molecule has 0 aromatic carbocycles. The van der Waals surface area contributed by atoms with Gasteiger partial charge in [0, 0.05) is 13.1 Å². The number of carbonyl (C=O) groups is 1. The summed E-state index contributed by atoms with van der Waals surface area (Å²) in [6, 6.07) is 0.736. The Morgan fingerprint density at radius 3 is 2.60 bits per heavy atom. The minimum absolute atomic E-state index is 0. The van der Waals surface area contributed by atoms with E-state index in [9.17, 15) is 4.79 Å². The number of rotatable bonds is 4. The van der Waals surface area contributed by atoms with Crippen LogP contribution in [0.5, 0.6) is 0 Å². The van der Waals surface area contributed by atoms with Crippen molar-refractivity contribution >= 4 is 35.8 Å². The molecule has 0 spiro atoms. The molecule has 2 bridgehead atoms. The molecule has 114 valence electrons. The van der Waals surface area contributed by atoms with Gasteiger partial charge in [-0.05, 0) is 32.1 Å². The van der Waals surface area contributed by atoms with Gasteiger partial charge < -0.3 is 20.7 Å². The number of ether oxygens (including phenoxy) is 1. The molecule has 20 heavy (non-hydrogen) atoms. The number of amides is 1. The van der Waals surface area contributed by atoms with E-state index in [1.54, 1.807) is 7.05 Å². The maximum Gasteiger partial charge on any atom is 0.239 e. The van der Waals surface area contributed by atoms with Crippen molar-refractivity contribution < 1.29 is 9.53 Å². The van der Waals surface area contributed by atoms with Crippen LogP contribution < -0.4 is 16.0 Å². The van der Waals surface area contributed by atoms with Gasteiger partial charge in [-0.3, -0.25) is 9.79 Å². The number of fused-ring (bicyclic) bond motifs is 2. The normalized spacial score (nSPS) is 31.6. The van der Waals surface area contributed by atoms with Crippen LogP contribution in [0.25, 0.3) is 0 Å². The highest BCUT2D eigenvalue weighted by atomic mass is 127. The molecule has 7 heteroatoms. The van der Waals surface area contributed by atoms with Gasteiger partial charge >= 0.3 is 0 Å². The summed E-state index contributed by atoms with van der Waals surface area (Å²) in [5.74, 6) is 0.724. The van der Waals surface area contributed by atoms with E-state index in [0.717, 1.165) is 25.7 Å². The molecule has 0 aromatic heterocycles. The number of guanidine groups is 1. The van der Waals surface area contributed by atoms with Crippen LogP contribution in [0.1, 0.15) is 32.1 Å². The fraction of sp³-hybridized carbons (Fsp3) is 0.846. The van der Waals surface area contributed by atoms with E-state index >= 15 is 0 Å². The van der Waals surface area contributed by atoms with E-state index in [-0.39, 0.29) is 36.4 Å². The number of nitrogens with one attached hydrogen (secondary N) is 3. The van der Waals surface area contributed by atoms with Crippen molar-refractivity contribution in [1.82, 2.24) is 16.0 Å². The quantitative estimate of drug-likeness (QED) is 0.366. The molecular formula is C13H23IN4O2. The molecular weight excluding hydrogens is 371 g/mol. The largest absolute Gasteiger partial charge is 0.373 e. The van der Waals surface area contributed by atoms with Crippen molar-refractivity contribution in [3.63, 3.8) is 0 Å². The van der Waals surface area contributed by atoms with Gasteiger partial charge in [0.1, 0.15) is 0 Å². The molecule has 3 unspecified atom stereocenters. The highest BCUT2D eigenvalue weighted by molar-refractivity contribution is 14.0. The number of carbonyl (C=O) groups excluding carboxylic acids is 1. The summed E-state index contributed by atoms with van der Waals surface area (Å²) in [7, 11) is 1.72. The van der Waals surface area contributed by atoms with Gasteiger partial charge in [-0.15, -0.1) is 24.0 Å². The molecule has 1 saturated carbocycles. The first kappa shape index (κ1) is 15.8. The number of aliphatic imine (C=N–C) groups is 1. The Bertz CT molecular complexity index is 387. The summed E-state index contributed by atoms with van der Waals surface area (Å²) >= 11 is 0. The third kappa shape index (κ3) is 3.97. The molecule has 2 aliphatic heterocycles. The van der Waals surface area contributed by atoms with Crippen molar-refractivity contribution in [2.45, 2.75) is 56.4 Å². The van der Waals surface area contributed by atoms with Gasteiger partial charge in [-0.2, -0.15) is 0 Å². The zero-order chi connectivity index (χ0) is 13.2. The second kappa shape index (κ2) is 6.93. The molecule has 2 saturated heterocycles. The zero-order valence-corrected chi connectivity index (χ0v) is 14.1. The molecule has 1 amide bonds. The average molecular weight is 394 g/mol. The van der Waals surface area contributed by atoms with E-state index in [0.29, 0.717) is 30.3 Å². The third-order valence-electron chi connectivity index (χ3n) is 4.01. The summed E-state index contributed by atoms with van der Waals surface area (Å²) < 4.78 is 5.79. The van der Waals surface area contributed by atoms with Crippen LogP contribution in [0.2, 0.25) is 0 Å². The summed E-state index contributed by atoms with van der Waals surface area (Å²) in [5, 5.41) is 9.36. The molecule has 1 aliphatic carbocycles. The smallest absolute Gasteiger partial charge is 0.239 e. The lowest BCUT2D eigenvalue weighted by molar-refractivity contribution is -0.120. The van der Waals surface area contributed by atoms with Crippen LogP contribution >= 0.6 is 24.0 Å². The number of halogens is 1. The lowest BCUT2D eigenvalue weighted by Gasteiger charge is -2.22. The molecule has 0 aromatic rings. The SMILES string of the molecule is CN=C(NCC(=O)NC1CC1)NC1CC2CCC1O2.I. The van der Waals surface area contributed by atoms with E-state index in [1.807, 2.05) is 0 Å². The van der Waals surface area contributed by atoms with Gasteiger partial charge in [0.25, 0.3) is 0 Å². The lowest BCUT2D eigenvalue weighted by atomic mass is 9.96. The molecule has 3 rings (SSSR count). The minimum Gasteiger partial charge on any atom is -0.373 e. The predicted octanol–water partition coefficient (Wildman–Crippen LogP) is 0.368. The minimum atomic E-state index is 0. The van der Waals surface area contributed by atoms with Gasteiger partial charge in [0.2, 0.25) is 5.91 Å². The lowest BCUT2D eigenvalue weighted by Crippen LogP contribution is -2.49. The van der Waals surface area contributed by atoms with Gasteiger partial charge in [-0.25, -0.2) is 0 Å². The molecule has 6 nitrogen and oxygen atoms in total. The highest BCUT2D eigenvalue weighted by Gasteiger charge is 2.41. The summed E-state index contributed by atoms with van der Waals surface area (Å²) in [5.41, 5.74) is 0. The second-order valence-corrected chi connectivity index (χ2v) is 5.63. The maximum atomic E-state index is 11.6. The first-order valence-corrected chi connectivity index (χ1v) is 7.16. The summed E-state index contributed by atoms with van der Waals surface area (Å²) in [6.07, 6.45) is 6.30. The molecule has 3 aliphatic rings.